The van der Waals surface area contributed by atoms with Gasteiger partial charge in [-0.25, -0.2) is 9.98 Å². The monoisotopic (exact) mass is 357 g/mol. The largest absolute Gasteiger partial charge is 0.361 e. The summed E-state index contributed by atoms with van der Waals surface area (Å²) in [6.07, 6.45) is 8.29. The van der Waals surface area contributed by atoms with Crippen LogP contribution < -0.4 is 4.90 Å². The molecule has 0 spiro atoms. The van der Waals surface area contributed by atoms with Gasteiger partial charge in [0.1, 0.15) is 11.7 Å². The lowest BCUT2D eigenvalue weighted by atomic mass is 10.2. The fraction of sp³-hybridized carbons (Fsp3) is 0.250. The molecule has 27 heavy (non-hydrogen) atoms. The number of hydrogen-bond donors (Lipinski definition) is 2. The lowest BCUT2D eigenvalue weighted by Gasteiger charge is -2.30. The average Bonchev–Trinajstić information content (AvgIpc) is 3.10. The van der Waals surface area contributed by atoms with Gasteiger partial charge in [-0.15, -0.1) is 0 Å². The third-order valence-corrected chi connectivity index (χ3v) is 5.41. The quantitative estimate of drug-likeness (QED) is 0.588. The first kappa shape index (κ1) is 14.8. The van der Waals surface area contributed by atoms with Crippen molar-refractivity contribution < 1.29 is 0 Å². The summed E-state index contributed by atoms with van der Waals surface area (Å²) >= 11 is 0. The first-order valence-electron chi connectivity index (χ1n) is 9.31. The number of hydrogen-bond acceptors (Lipinski definition) is 4. The molecule has 4 aromatic rings. The molecule has 1 saturated carbocycles. The van der Waals surface area contributed by atoms with E-state index in [-0.39, 0.29) is 0 Å². The van der Waals surface area contributed by atoms with E-state index in [9.17, 15) is 0 Å². The maximum Gasteiger partial charge on any atom is 0.175 e. The zero-order chi connectivity index (χ0) is 17.8. The van der Waals surface area contributed by atoms with Crippen LogP contribution in [0, 0.1) is 0 Å². The van der Waals surface area contributed by atoms with E-state index in [0.717, 1.165) is 29.5 Å². The van der Waals surface area contributed by atoms with Crippen LogP contribution in [0.15, 0.2) is 53.9 Å². The van der Waals surface area contributed by atoms with Crippen LogP contribution in [0.1, 0.15) is 30.3 Å². The summed E-state index contributed by atoms with van der Waals surface area (Å²) in [6.45, 7) is 1.47. The van der Waals surface area contributed by atoms with Gasteiger partial charge in [0.25, 0.3) is 0 Å². The molecule has 0 saturated heterocycles. The van der Waals surface area contributed by atoms with Crippen molar-refractivity contribution in [2.75, 3.05) is 11.4 Å². The predicted octanol–water partition coefficient (Wildman–Crippen LogP) is 3.56. The first-order valence-corrected chi connectivity index (χ1v) is 9.31. The van der Waals surface area contributed by atoms with E-state index in [1.165, 1.54) is 29.6 Å². The Hall–Kier alpha value is -3.35. The molecule has 0 amide bonds. The van der Waals surface area contributed by atoms with Gasteiger partial charge >= 0.3 is 0 Å². The normalized spacial score (nSPS) is 18.4. The van der Waals surface area contributed by atoms with Gasteiger partial charge in [-0.1, -0.05) is 0 Å². The second-order valence-corrected chi connectivity index (χ2v) is 7.30. The highest BCUT2D eigenvalue weighted by atomic mass is 15.3. The maximum absolute atomic E-state index is 4.84. The number of nitrogens with one attached hydrogen (secondary N) is 2. The summed E-state index contributed by atoms with van der Waals surface area (Å²) in [6, 6.07) is 10.7. The number of aliphatic imine (C=N–C) groups is 1. The van der Waals surface area contributed by atoms with Crippen LogP contribution in [0.5, 0.6) is 0 Å². The van der Waals surface area contributed by atoms with E-state index in [2.05, 4.69) is 60.0 Å². The number of rotatable bonds is 3. The summed E-state index contributed by atoms with van der Waals surface area (Å²) in [5, 5.41) is 8.74. The second-order valence-electron chi connectivity index (χ2n) is 7.30. The van der Waals surface area contributed by atoms with Gasteiger partial charge in [0, 0.05) is 52.9 Å². The summed E-state index contributed by atoms with van der Waals surface area (Å²) in [5.41, 5.74) is 3.52. The molecule has 1 fully saturated rings. The number of fused-ring (bicyclic) bond motifs is 2. The Morgan fingerprint density at radius 3 is 3.00 bits per heavy atom. The lowest BCUT2D eigenvalue weighted by Crippen LogP contribution is -2.39. The molecule has 4 heterocycles. The van der Waals surface area contributed by atoms with E-state index in [0.29, 0.717) is 12.5 Å². The van der Waals surface area contributed by atoms with Crippen LogP contribution in [0.3, 0.4) is 0 Å². The Kier molecular flexibility index (Phi) is 3.05. The Morgan fingerprint density at radius 2 is 2.07 bits per heavy atom. The van der Waals surface area contributed by atoms with E-state index in [4.69, 9.17) is 4.99 Å². The van der Waals surface area contributed by atoms with Crippen molar-refractivity contribution >= 4 is 28.2 Å². The molecule has 7 heteroatoms. The highest BCUT2D eigenvalue weighted by molar-refractivity contribution is 5.93. The fourth-order valence-electron chi connectivity index (χ4n) is 3.79. The molecule has 134 valence electrons. The summed E-state index contributed by atoms with van der Waals surface area (Å²) in [5.74, 6) is 3.32. The molecule has 6 rings (SSSR count). The first-order chi connectivity index (χ1) is 13.3. The SMILES string of the molecule is c1cn2c(n1)CN(c1ccc3[nH]ccc3c1)CC2=Nc1cc(C2CC2)[nH]n1. The number of H-pyrrole nitrogens is 2. The van der Waals surface area contributed by atoms with Crippen LogP contribution in [-0.4, -0.2) is 37.1 Å². The van der Waals surface area contributed by atoms with Gasteiger partial charge < -0.3 is 9.88 Å². The minimum Gasteiger partial charge on any atom is -0.361 e. The number of aromatic nitrogens is 5. The summed E-state index contributed by atoms with van der Waals surface area (Å²) in [7, 11) is 0. The summed E-state index contributed by atoms with van der Waals surface area (Å²) < 4.78 is 2.08. The average molecular weight is 357 g/mol. The van der Waals surface area contributed by atoms with Crippen molar-refractivity contribution in [2.45, 2.75) is 25.3 Å². The van der Waals surface area contributed by atoms with E-state index < -0.39 is 0 Å². The van der Waals surface area contributed by atoms with Crippen molar-refractivity contribution in [2.24, 2.45) is 4.99 Å². The van der Waals surface area contributed by atoms with Crippen LogP contribution in [0.2, 0.25) is 0 Å². The molecule has 7 nitrogen and oxygen atoms in total. The topological polar surface area (TPSA) is 77.9 Å². The molecule has 1 aliphatic carbocycles. The minimum absolute atomic E-state index is 0.645. The zero-order valence-electron chi connectivity index (χ0n) is 14.8. The van der Waals surface area contributed by atoms with Gasteiger partial charge in [-0.2, -0.15) is 5.10 Å². The van der Waals surface area contributed by atoms with Gasteiger partial charge in [0.05, 0.1) is 13.1 Å². The Morgan fingerprint density at radius 1 is 1.11 bits per heavy atom. The fourth-order valence-corrected chi connectivity index (χ4v) is 3.79. The number of benzene rings is 1. The van der Waals surface area contributed by atoms with E-state index in [1.807, 2.05) is 18.6 Å². The highest BCUT2D eigenvalue weighted by Crippen LogP contribution is 2.39. The standard InChI is InChI=1S/C20H19N7/c1-2-13(1)17-10-18(25-24-17)23-20-12-26(11-19-22-7-8-27(19)20)15-3-4-16-14(9-15)5-6-21-16/h3-10,13,21H,1-2,11-12H2,(H,24,25). The van der Waals surface area contributed by atoms with Crippen LogP contribution in [0.4, 0.5) is 11.5 Å². The molecule has 2 aliphatic rings. The molecule has 0 radical (unpaired) electrons. The number of anilines is 1. The molecule has 1 aliphatic heterocycles. The van der Waals surface area contributed by atoms with Gasteiger partial charge in [0.2, 0.25) is 0 Å². The van der Waals surface area contributed by atoms with Crippen molar-refractivity contribution in [1.29, 1.82) is 0 Å². The molecule has 2 N–H and O–H groups in total. The molecule has 0 bridgehead atoms. The van der Waals surface area contributed by atoms with Crippen molar-refractivity contribution in [3.8, 4) is 0 Å². The molecule has 1 aromatic carbocycles. The van der Waals surface area contributed by atoms with Crippen LogP contribution in [-0.2, 0) is 6.54 Å². The second kappa shape index (κ2) is 5.57. The summed E-state index contributed by atoms with van der Waals surface area (Å²) in [4.78, 5) is 14.9. The molecule has 0 unspecified atom stereocenters. The Labute approximate surface area is 155 Å². The molecular weight excluding hydrogens is 338 g/mol. The van der Waals surface area contributed by atoms with Crippen LogP contribution in [0.25, 0.3) is 10.9 Å². The minimum atomic E-state index is 0.645. The molecule has 3 aromatic heterocycles. The third-order valence-electron chi connectivity index (χ3n) is 5.41. The third kappa shape index (κ3) is 2.54. The van der Waals surface area contributed by atoms with Gasteiger partial charge in [-0.05, 0) is 37.1 Å². The van der Waals surface area contributed by atoms with Gasteiger partial charge in [0.15, 0.2) is 5.82 Å². The zero-order valence-corrected chi connectivity index (χ0v) is 14.8. The smallest absolute Gasteiger partial charge is 0.175 e. The molecule has 0 atom stereocenters. The van der Waals surface area contributed by atoms with Crippen molar-refractivity contribution in [1.82, 2.24) is 24.7 Å². The highest BCUT2D eigenvalue weighted by Gasteiger charge is 2.26. The predicted molar refractivity (Wildman–Crippen MR) is 105 cm³/mol. The van der Waals surface area contributed by atoms with Crippen molar-refractivity contribution in [3.63, 3.8) is 0 Å². The Bertz CT molecular complexity index is 1160. The van der Waals surface area contributed by atoms with Gasteiger partial charge in [-0.3, -0.25) is 9.67 Å². The van der Waals surface area contributed by atoms with Crippen LogP contribution >= 0.6 is 0 Å². The number of aromatic amines is 2. The number of nitrogens with zero attached hydrogens (tertiary/aromatic N) is 5. The number of imidazole rings is 1. The van der Waals surface area contributed by atoms with E-state index in [1.54, 1.807) is 0 Å². The van der Waals surface area contributed by atoms with Crippen molar-refractivity contribution in [3.05, 3.63) is 60.4 Å². The Balaban J connectivity index is 1.37. The van der Waals surface area contributed by atoms with E-state index >= 15 is 0 Å². The lowest BCUT2D eigenvalue weighted by molar-refractivity contribution is 0.753. The maximum atomic E-state index is 4.84. The molecular formula is C20H19N7.